The van der Waals surface area contributed by atoms with Gasteiger partial charge in [0.25, 0.3) is 0 Å². The molecule has 1 aliphatic carbocycles. The smallest absolute Gasteiger partial charge is 0.346 e. The van der Waals surface area contributed by atoms with Gasteiger partial charge in [0, 0.05) is 5.92 Å². The molecule has 1 saturated carbocycles. The molecule has 1 heterocycles. The molecule has 0 bridgehead atoms. The van der Waals surface area contributed by atoms with Crippen LogP contribution in [0.2, 0.25) is 0 Å². The van der Waals surface area contributed by atoms with E-state index in [1.54, 1.807) is 6.92 Å². The molecule has 1 aromatic heterocycles. The number of rotatable bonds is 5. The van der Waals surface area contributed by atoms with Crippen molar-refractivity contribution in [3.05, 3.63) is 5.01 Å². The third kappa shape index (κ3) is 4.64. The van der Waals surface area contributed by atoms with Gasteiger partial charge in [-0.25, -0.2) is 0 Å². The van der Waals surface area contributed by atoms with E-state index >= 15 is 0 Å². The van der Waals surface area contributed by atoms with Crippen LogP contribution in [0.1, 0.15) is 30.7 Å². The summed E-state index contributed by atoms with van der Waals surface area (Å²) in [5.41, 5.74) is 0. The van der Waals surface area contributed by atoms with Crippen molar-refractivity contribution in [3.63, 3.8) is 0 Å². The highest BCUT2D eigenvalue weighted by molar-refractivity contribution is 8.02. The van der Waals surface area contributed by atoms with Crippen LogP contribution in [0.3, 0.4) is 0 Å². The van der Waals surface area contributed by atoms with Crippen molar-refractivity contribution in [2.45, 2.75) is 41.4 Å². The molecule has 0 aromatic carbocycles. The van der Waals surface area contributed by atoms with Crippen LogP contribution in [0.25, 0.3) is 0 Å². The lowest BCUT2D eigenvalue weighted by Crippen LogP contribution is -2.37. The first kappa shape index (κ1) is 14.6. The van der Waals surface area contributed by atoms with Gasteiger partial charge >= 0.3 is 6.18 Å². The molecule has 0 radical (unpaired) electrons. The average molecular weight is 311 g/mol. The second-order valence-corrected chi connectivity index (χ2v) is 6.87. The van der Waals surface area contributed by atoms with Gasteiger partial charge in [0.15, 0.2) is 4.34 Å². The number of carbonyl (C=O) groups excluding carboxylic acids is 1. The van der Waals surface area contributed by atoms with Crippen LogP contribution in [-0.2, 0) is 4.79 Å². The zero-order valence-corrected chi connectivity index (χ0v) is 11.7. The Bertz CT molecular complexity index is 459. The normalized spacial score (nSPS) is 17.3. The molecule has 2 rings (SSSR count). The topological polar surface area (TPSA) is 54.9 Å². The predicted octanol–water partition coefficient (Wildman–Crippen LogP) is 2.57. The molecule has 0 aliphatic heterocycles. The number of halogens is 3. The zero-order valence-electron chi connectivity index (χ0n) is 10.0. The summed E-state index contributed by atoms with van der Waals surface area (Å²) in [6.07, 6.45) is -2.16. The number of amides is 1. The number of alkyl halides is 3. The molecule has 1 aliphatic rings. The summed E-state index contributed by atoms with van der Waals surface area (Å²) in [5, 5.41) is 10.1. The second kappa shape index (κ2) is 5.66. The van der Waals surface area contributed by atoms with Crippen LogP contribution in [0.5, 0.6) is 0 Å². The molecular formula is C10H12F3N3OS2. The van der Waals surface area contributed by atoms with E-state index in [1.807, 2.05) is 5.32 Å². The summed E-state index contributed by atoms with van der Waals surface area (Å²) in [7, 11) is 0. The van der Waals surface area contributed by atoms with Gasteiger partial charge in [-0.2, -0.15) is 13.2 Å². The van der Waals surface area contributed by atoms with Gasteiger partial charge in [-0.1, -0.05) is 23.1 Å². The average Bonchev–Trinajstić information content (AvgIpc) is 3.06. The van der Waals surface area contributed by atoms with Crippen molar-refractivity contribution in [1.29, 1.82) is 0 Å². The molecular weight excluding hydrogens is 299 g/mol. The number of nitrogens with one attached hydrogen (secondary N) is 1. The highest BCUT2D eigenvalue weighted by atomic mass is 32.2. The fourth-order valence-electron chi connectivity index (χ4n) is 1.30. The number of hydrogen-bond donors (Lipinski definition) is 1. The molecule has 1 N–H and O–H groups in total. The van der Waals surface area contributed by atoms with Crippen LogP contribution >= 0.6 is 23.1 Å². The van der Waals surface area contributed by atoms with E-state index in [9.17, 15) is 18.0 Å². The Kier molecular flexibility index (Phi) is 4.34. The maximum absolute atomic E-state index is 12.0. The predicted molar refractivity (Wildman–Crippen MR) is 66.3 cm³/mol. The lowest BCUT2D eigenvalue weighted by atomic mass is 10.4. The number of thioether (sulfide) groups is 1. The largest absolute Gasteiger partial charge is 0.405 e. The summed E-state index contributed by atoms with van der Waals surface area (Å²) < 4.78 is 36.5. The summed E-state index contributed by atoms with van der Waals surface area (Å²) in [6.45, 7) is 0.245. The van der Waals surface area contributed by atoms with Crippen molar-refractivity contribution in [2.75, 3.05) is 6.54 Å². The molecule has 0 spiro atoms. The molecule has 4 nitrogen and oxygen atoms in total. The summed E-state index contributed by atoms with van der Waals surface area (Å²) >= 11 is 2.55. The Morgan fingerprint density at radius 2 is 2.21 bits per heavy atom. The first-order valence-electron chi connectivity index (χ1n) is 5.69. The highest BCUT2D eigenvalue weighted by Gasteiger charge is 2.30. The number of nitrogens with zero attached hydrogens (tertiary/aromatic N) is 2. The molecule has 1 unspecified atom stereocenters. The fraction of sp³-hybridized carbons (Fsp3) is 0.700. The van der Waals surface area contributed by atoms with E-state index in [2.05, 4.69) is 10.2 Å². The fourth-order valence-corrected chi connectivity index (χ4v) is 3.51. The van der Waals surface area contributed by atoms with Crippen LogP contribution in [0.15, 0.2) is 4.34 Å². The Morgan fingerprint density at radius 3 is 2.79 bits per heavy atom. The third-order valence-corrected chi connectivity index (χ3v) is 4.73. The molecule has 9 heteroatoms. The highest BCUT2D eigenvalue weighted by Crippen LogP contribution is 2.42. The van der Waals surface area contributed by atoms with Gasteiger partial charge in [-0.15, -0.1) is 10.2 Å². The molecule has 106 valence electrons. The van der Waals surface area contributed by atoms with Crippen molar-refractivity contribution in [1.82, 2.24) is 15.5 Å². The van der Waals surface area contributed by atoms with Crippen LogP contribution in [0.4, 0.5) is 13.2 Å². The van der Waals surface area contributed by atoms with Gasteiger partial charge < -0.3 is 5.32 Å². The maximum Gasteiger partial charge on any atom is 0.405 e. The molecule has 0 saturated heterocycles. The van der Waals surface area contributed by atoms with E-state index in [4.69, 9.17) is 0 Å². The lowest BCUT2D eigenvalue weighted by molar-refractivity contribution is -0.137. The molecule has 1 atom stereocenters. The SMILES string of the molecule is CC(Sc1nnc(C2CC2)s1)C(=O)NCC(F)(F)F. The van der Waals surface area contributed by atoms with Gasteiger partial charge in [0.2, 0.25) is 5.91 Å². The van der Waals surface area contributed by atoms with E-state index < -0.39 is 23.9 Å². The minimum atomic E-state index is -4.39. The molecule has 19 heavy (non-hydrogen) atoms. The second-order valence-electron chi connectivity index (χ2n) is 4.27. The van der Waals surface area contributed by atoms with Crippen molar-refractivity contribution >= 4 is 29.0 Å². The van der Waals surface area contributed by atoms with Gasteiger partial charge in [-0.3, -0.25) is 4.79 Å². The Labute approximate surface area is 116 Å². The summed E-state index contributed by atoms with van der Waals surface area (Å²) in [5.74, 6) is -0.160. The Morgan fingerprint density at radius 1 is 1.53 bits per heavy atom. The molecule has 1 fully saturated rings. The van der Waals surface area contributed by atoms with E-state index in [1.165, 1.54) is 11.3 Å². The first-order chi connectivity index (χ1) is 8.85. The number of hydrogen-bond acceptors (Lipinski definition) is 5. The molecule has 1 amide bonds. The first-order valence-corrected chi connectivity index (χ1v) is 7.39. The van der Waals surface area contributed by atoms with E-state index in [0.717, 1.165) is 29.6 Å². The van der Waals surface area contributed by atoms with Gasteiger partial charge in [0.05, 0.1) is 5.25 Å². The number of aromatic nitrogens is 2. The van der Waals surface area contributed by atoms with Gasteiger partial charge in [0.1, 0.15) is 11.6 Å². The zero-order chi connectivity index (χ0) is 14.0. The van der Waals surface area contributed by atoms with Crippen LogP contribution < -0.4 is 5.32 Å². The minimum Gasteiger partial charge on any atom is -0.346 e. The van der Waals surface area contributed by atoms with Crippen molar-refractivity contribution < 1.29 is 18.0 Å². The standard InChI is InChI=1S/C10H12F3N3OS2/c1-5(7(17)14-4-10(11,12)13)18-9-16-15-8(19-9)6-2-3-6/h5-6H,2-4H2,1H3,(H,14,17). The Hall–Kier alpha value is -0.830. The van der Waals surface area contributed by atoms with Crippen LogP contribution in [-0.4, -0.2) is 34.1 Å². The maximum atomic E-state index is 12.0. The number of carbonyl (C=O) groups is 1. The van der Waals surface area contributed by atoms with Crippen LogP contribution in [0, 0.1) is 0 Å². The molecule has 1 aromatic rings. The lowest BCUT2D eigenvalue weighted by Gasteiger charge is -2.11. The summed E-state index contributed by atoms with van der Waals surface area (Å²) in [4.78, 5) is 11.5. The Balaban J connectivity index is 1.81. The van der Waals surface area contributed by atoms with E-state index in [-0.39, 0.29) is 0 Å². The van der Waals surface area contributed by atoms with Gasteiger partial charge in [-0.05, 0) is 19.8 Å². The monoisotopic (exact) mass is 311 g/mol. The van der Waals surface area contributed by atoms with Crippen molar-refractivity contribution in [3.8, 4) is 0 Å². The van der Waals surface area contributed by atoms with Crippen molar-refractivity contribution in [2.24, 2.45) is 0 Å². The van der Waals surface area contributed by atoms with E-state index in [0.29, 0.717) is 10.3 Å². The minimum absolute atomic E-state index is 0.487. The quantitative estimate of drug-likeness (QED) is 0.849. The summed E-state index contributed by atoms with van der Waals surface area (Å²) in [6, 6.07) is 0. The third-order valence-electron chi connectivity index (χ3n) is 2.46.